The molecule has 1 aliphatic heterocycles. The van der Waals surface area contributed by atoms with Gasteiger partial charge in [0.15, 0.2) is 0 Å². The Kier molecular flexibility index (Phi) is 3.47. The number of aromatic amines is 1. The summed E-state index contributed by atoms with van der Waals surface area (Å²) in [6.07, 6.45) is 0.837. The third kappa shape index (κ3) is 2.42. The SMILES string of the molecule is O=S(=O)(c1ccc2nc[nH]c2c1)N1CCNC[C@@H](O)C1. The fourth-order valence-electron chi connectivity index (χ4n) is 2.31. The van der Waals surface area contributed by atoms with E-state index < -0.39 is 16.1 Å². The molecule has 0 saturated carbocycles. The predicted octanol–water partition coefficient (Wildman–Crippen LogP) is -0.482. The maximum absolute atomic E-state index is 12.6. The average Bonchev–Trinajstić information content (AvgIpc) is 2.78. The zero-order valence-corrected chi connectivity index (χ0v) is 11.6. The number of imidazole rings is 1. The number of nitrogens with zero attached hydrogens (tertiary/aromatic N) is 2. The molecule has 0 unspecified atom stereocenters. The number of hydrogen-bond donors (Lipinski definition) is 3. The van der Waals surface area contributed by atoms with Crippen LogP contribution in [0.15, 0.2) is 29.4 Å². The minimum Gasteiger partial charge on any atom is -0.390 e. The normalized spacial score (nSPS) is 21.9. The fraction of sp³-hybridized carbons (Fsp3) is 0.417. The molecule has 1 aromatic heterocycles. The molecule has 1 aliphatic rings. The zero-order valence-electron chi connectivity index (χ0n) is 10.8. The quantitative estimate of drug-likeness (QED) is 0.695. The Morgan fingerprint density at radius 3 is 3.10 bits per heavy atom. The Morgan fingerprint density at radius 1 is 1.40 bits per heavy atom. The molecule has 3 N–H and O–H groups in total. The predicted molar refractivity (Wildman–Crippen MR) is 73.7 cm³/mol. The summed E-state index contributed by atoms with van der Waals surface area (Å²) in [6, 6.07) is 4.79. The van der Waals surface area contributed by atoms with Gasteiger partial charge in [-0.05, 0) is 18.2 Å². The van der Waals surface area contributed by atoms with Crippen molar-refractivity contribution in [2.24, 2.45) is 0 Å². The van der Waals surface area contributed by atoms with Gasteiger partial charge in [-0.2, -0.15) is 4.31 Å². The van der Waals surface area contributed by atoms with Crippen LogP contribution in [0.4, 0.5) is 0 Å². The standard InChI is InChI=1S/C12H16N4O3S/c17-9-6-13-3-4-16(7-9)20(18,19)10-1-2-11-12(5-10)15-8-14-11/h1-2,5,8-9,13,17H,3-4,6-7H2,(H,14,15)/t9-/m1/s1. The number of nitrogens with one attached hydrogen (secondary N) is 2. The first-order valence-corrected chi connectivity index (χ1v) is 7.83. The monoisotopic (exact) mass is 296 g/mol. The van der Waals surface area contributed by atoms with Crippen LogP contribution >= 0.6 is 0 Å². The van der Waals surface area contributed by atoms with Crippen molar-refractivity contribution < 1.29 is 13.5 Å². The summed E-state index contributed by atoms with van der Waals surface area (Å²) in [5.74, 6) is 0. The molecule has 0 bridgehead atoms. The smallest absolute Gasteiger partial charge is 0.243 e. The van der Waals surface area contributed by atoms with Gasteiger partial charge in [-0.25, -0.2) is 13.4 Å². The summed E-state index contributed by atoms with van der Waals surface area (Å²) in [5.41, 5.74) is 1.40. The molecule has 0 amide bonds. The van der Waals surface area contributed by atoms with Gasteiger partial charge in [-0.15, -0.1) is 0 Å². The minimum absolute atomic E-state index is 0.107. The van der Waals surface area contributed by atoms with Crippen LogP contribution in [0.25, 0.3) is 11.0 Å². The number of benzene rings is 1. The summed E-state index contributed by atoms with van der Waals surface area (Å²) in [6.45, 7) is 1.39. The van der Waals surface area contributed by atoms with Crippen LogP contribution in [0.5, 0.6) is 0 Å². The van der Waals surface area contributed by atoms with E-state index in [1.54, 1.807) is 18.2 Å². The molecule has 20 heavy (non-hydrogen) atoms. The summed E-state index contributed by atoms with van der Waals surface area (Å²) >= 11 is 0. The largest absolute Gasteiger partial charge is 0.390 e. The van der Waals surface area contributed by atoms with Gasteiger partial charge < -0.3 is 15.4 Å². The second kappa shape index (κ2) is 5.13. The van der Waals surface area contributed by atoms with Gasteiger partial charge in [-0.1, -0.05) is 0 Å². The van der Waals surface area contributed by atoms with Crippen molar-refractivity contribution in [2.45, 2.75) is 11.0 Å². The Labute approximate surface area is 116 Å². The summed E-state index contributed by atoms with van der Waals surface area (Å²) < 4.78 is 26.5. The molecule has 1 saturated heterocycles. The van der Waals surface area contributed by atoms with Crippen molar-refractivity contribution in [1.82, 2.24) is 19.6 Å². The highest BCUT2D eigenvalue weighted by Crippen LogP contribution is 2.20. The lowest BCUT2D eigenvalue weighted by atomic mass is 10.3. The second-order valence-corrected chi connectivity index (χ2v) is 6.74. The molecule has 0 aliphatic carbocycles. The molecule has 1 aromatic carbocycles. The third-order valence-corrected chi connectivity index (χ3v) is 5.22. The number of rotatable bonds is 2. The number of β-amino-alcohol motifs (C(OH)–C–C–N with tert-alkyl or cyclic N) is 1. The van der Waals surface area contributed by atoms with E-state index in [4.69, 9.17) is 0 Å². The molecule has 2 aromatic rings. The zero-order chi connectivity index (χ0) is 14.2. The number of aliphatic hydroxyl groups is 1. The Hall–Kier alpha value is -1.48. The Balaban J connectivity index is 1.97. The molecule has 1 fully saturated rings. The van der Waals surface area contributed by atoms with Gasteiger partial charge in [0, 0.05) is 26.2 Å². The molecule has 108 valence electrons. The number of H-pyrrole nitrogens is 1. The molecule has 7 nitrogen and oxygen atoms in total. The number of fused-ring (bicyclic) bond motifs is 1. The van der Waals surface area contributed by atoms with Crippen LogP contribution in [0.1, 0.15) is 0 Å². The second-order valence-electron chi connectivity index (χ2n) is 4.80. The third-order valence-electron chi connectivity index (χ3n) is 3.36. The molecular formula is C12H16N4O3S. The van der Waals surface area contributed by atoms with E-state index in [0.717, 1.165) is 5.52 Å². The fourth-order valence-corrected chi connectivity index (χ4v) is 3.81. The van der Waals surface area contributed by atoms with Crippen molar-refractivity contribution >= 4 is 21.1 Å². The van der Waals surface area contributed by atoms with E-state index in [2.05, 4.69) is 15.3 Å². The van der Waals surface area contributed by atoms with Crippen LogP contribution in [0.3, 0.4) is 0 Å². The van der Waals surface area contributed by atoms with Gasteiger partial charge >= 0.3 is 0 Å². The molecule has 1 atom stereocenters. The average molecular weight is 296 g/mol. The molecule has 3 rings (SSSR count). The van der Waals surface area contributed by atoms with Gasteiger partial charge in [0.1, 0.15) is 0 Å². The highest BCUT2D eigenvalue weighted by atomic mass is 32.2. The Bertz CT molecular complexity index is 712. The lowest BCUT2D eigenvalue weighted by Gasteiger charge is -2.21. The van der Waals surface area contributed by atoms with E-state index in [1.807, 2.05) is 0 Å². The summed E-state index contributed by atoms with van der Waals surface area (Å²) in [7, 11) is -3.60. The van der Waals surface area contributed by atoms with E-state index in [9.17, 15) is 13.5 Å². The molecular weight excluding hydrogens is 280 g/mol. The first kappa shape index (κ1) is 13.5. The summed E-state index contributed by atoms with van der Waals surface area (Å²) in [4.78, 5) is 7.18. The van der Waals surface area contributed by atoms with Crippen LogP contribution in [-0.2, 0) is 10.0 Å². The molecule has 8 heteroatoms. The topological polar surface area (TPSA) is 98.3 Å². The van der Waals surface area contributed by atoms with Gasteiger partial charge in [-0.3, -0.25) is 0 Å². The van der Waals surface area contributed by atoms with E-state index in [1.165, 1.54) is 10.6 Å². The maximum Gasteiger partial charge on any atom is 0.243 e. The molecule has 2 heterocycles. The van der Waals surface area contributed by atoms with Crippen LogP contribution in [0, 0.1) is 0 Å². The van der Waals surface area contributed by atoms with Crippen molar-refractivity contribution in [2.75, 3.05) is 26.2 Å². The summed E-state index contributed by atoms with van der Waals surface area (Å²) in [5, 5.41) is 12.7. The van der Waals surface area contributed by atoms with Gasteiger partial charge in [0.2, 0.25) is 10.0 Å². The first-order chi connectivity index (χ1) is 9.57. The van der Waals surface area contributed by atoms with Crippen molar-refractivity contribution in [3.63, 3.8) is 0 Å². The van der Waals surface area contributed by atoms with E-state index in [0.29, 0.717) is 25.2 Å². The van der Waals surface area contributed by atoms with E-state index >= 15 is 0 Å². The highest BCUT2D eigenvalue weighted by molar-refractivity contribution is 7.89. The van der Waals surface area contributed by atoms with Crippen LogP contribution in [-0.4, -0.2) is 60.1 Å². The highest BCUT2D eigenvalue weighted by Gasteiger charge is 2.28. The minimum atomic E-state index is -3.60. The van der Waals surface area contributed by atoms with Gasteiger partial charge in [0.05, 0.1) is 28.4 Å². The van der Waals surface area contributed by atoms with Gasteiger partial charge in [0.25, 0.3) is 0 Å². The van der Waals surface area contributed by atoms with Crippen LogP contribution < -0.4 is 5.32 Å². The first-order valence-electron chi connectivity index (χ1n) is 6.39. The molecule has 0 spiro atoms. The number of hydrogen-bond acceptors (Lipinski definition) is 5. The molecule has 0 radical (unpaired) electrons. The van der Waals surface area contributed by atoms with Crippen molar-refractivity contribution in [3.8, 4) is 0 Å². The van der Waals surface area contributed by atoms with Crippen LogP contribution in [0.2, 0.25) is 0 Å². The van der Waals surface area contributed by atoms with E-state index in [-0.39, 0.29) is 11.4 Å². The maximum atomic E-state index is 12.6. The lowest BCUT2D eigenvalue weighted by Crippen LogP contribution is -2.37. The van der Waals surface area contributed by atoms with Crippen molar-refractivity contribution in [1.29, 1.82) is 0 Å². The number of aromatic nitrogens is 2. The van der Waals surface area contributed by atoms with Crippen molar-refractivity contribution in [3.05, 3.63) is 24.5 Å². The lowest BCUT2D eigenvalue weighted by molar-refractivity contribution is 0.159. The number of aliphatic hydroxyl groups excluding tert-OH is 1. The number of sulfonamides is 1. The Morgan fingerprint density at radius 2 is 2.25 bits per heavy atom.